The molecule has 1 aliphatic rings. The maximum Gasteiger partial charge on any atom is 0.325 e. The average molecular weight is 290 g/mol. The molecular formula is C16H22N2O3. The third-order valence-electron chi connectivity index (χ3n) is 4.07. The molecule has 0 radical (unpaired) electrons. The Morgan fingerprint density at radius 1 is 1.29 bits per heavy atom. The van der Waals surface area contributed by atoms with Crippen LogP contribution in [0.15, 0.2) is 30.3 Å². The third-order valence-corrected chi connectivity index (χ3v) is 4.07. The molecule has 1 aromatic carbocycles. The number of carboxylic acid groups (broad SMARTS) is 1. The first-order valence-electron chi connectivity index (χ1n) is 7.41. The standard InChI is InChI=1S/C16H22N2O3/c1-3-13-10-9-12(2)18(13)16(21)17(11-15(19)20)14-7-5-4-6-8-14/h4-8,12-13H,3,9-11H2,1-2H3,(H,19,20). The number of hydrogen-bond donors (Lipinski definition) is 1. The average Bonchev–Trinajstić information content (AvgIpc) is 2.85. The van der Waals surface area contributed by atoms with Gasteiger partial charge in [0.15, 0.2) is 0 Å². The molecule has 114 valence electrons. The molecule has 0 aliphatic carbocycles. The van der Waals surface area contributed by atoms with Gasteiger partial charge in [-0.3, -0.25) is 9.69 Å². The summed E-state index contributed by atoms with van der Waals surface area (Å²) in [6, 6.07) is 9.14. The van der Waals surface area contributed by atoms with E-state index < -0.39 is 5.97 Å². The van der Waals surface area contributed by atoms with Crippen molar-refractivity contribution in [2.45, 2.75) is 45.2 Å². The summed E-state index contributed by atoms with van der Waals surface area (Å²) in [5.74, 6) is -1.01. The summed E-state index contributed by atoms with van der Waals surface area (Å²) in [6.07, 6.45) is 2.85. The van der Waals surface area contributed by atoms with Gasteiger partial charge in [-0.1, -0.05) is 25.1 Å². The zero-order valence-electron chi connectivity index (χ0n) is 12.5. The molecule has 2 atom stereocenters. The molecular weight excluding hydrogens is 268 g/mol. The number of para-hydroxylation sites is 1. The molecule has 5 nitrogen and oxygen atoms in total. The summed E-state index contributed by atoms with van der Waals surface area (Å²) in [7, 11) is 0. The van der Waals surface area contributed by atoms with Gasteiger partial charge in [0.25, 0.3) is 0 Å². The summed E-state index contributed by atoms with van der Waals surface area (Å²) in [4.78, 5) is 27.2. The van der Waals surface area contributed by atoms with Crippen molar-refractivity contribution < 1.29 is 14.7 Å². The topological polar surface area (TPSA) is 60.9 Å². The fourth-order valence-corrected chi connectivity index (χ4v) is 2.97. The number of aliphatic carboxylic acids is 1. The zero-order chi connectivity index (χ0) is 15.4. The summed E-state index contributed by atoms with van der Waals surface area (Å²) in [5.41, 5.74) is 0.624. The molecule has 21 heavy (non-hydrogen) atoms. The summed E-state index contributed by atoms with van der Waals surface area (Å²) in [6.45, 7) is 3.77. The molecule has 1 aromatic rings. The van der Waals surface area contributed by atoms with Crippen LogP contribution in [0, 0.1) is 0 Å². The van der Waals surface area contributed by atoms with E-state index in [-0.39, 0.29) is 24.7 Å². The van der Waals surface area contributed by atoms with Gasteiger partial charge in [0.05, 0.1) is 0 Å². The molecule has 2 amide bonds. The Balaban J connectivity index is 2.28. The Morgan fingerprint density at radius 2 is 1.95 bits per heavy atom. The molecule has 1 saturated heterocycles. The third kappa shape index (κ3) is 3.35. The van der Waals surface area contributed by atoms with Crippen molar-refractivity contribution in [2.24, 2.45) is 0 Å². The number of likely N-dealkylation sites (tertiary alicyclic amines) is 1. The second-order valence-corrected chi connectivity index (χ2v) is 5.49. The summed E-state index contributed by atoms with van der Waals surface area (Å²) in [5, 5.41) is 9.11. The molecule has 0 bridgehead atoms. The Bertz CT molecular complexity index is 504. The molecule has 0 aromatic heterocycles. The minimum Gasteiger partial charge on any atom is -0.480 e. The quantitative estimate of drug-likeness (QED) is 0.927. The number of carbonyl (C=O) groups is 2. The van der Waals surface area contributed by atoms with Crippen LogP contribution < -0.4 is 4.90 Å². The molecule has 2 unspecified atom stereocenters. The smallest absolute Gasteiger partial charge is 0.325 e. The highest BCUT2D eigenvalue weighted by Crippen LogP contribution is 2.28. The van der Waals surface area contributed by atoms with Gasteiger partial charge in [0.1, 0.15) is 6.54 Å². The molecule has 1 N–H and O–H groups in total. The number of anilines is 1. The van der Waals surface area contributed by atoms with Crippen LogP contribution in [0.2, 0.25) is 0 Å². The van der Waals surface area contributed by atoms with Crippen molar-refractivity contribution in [3.63, 3.8) is 0 Å². The van der Waals surface area contributed by atoms with E-state index >= 15 is 0 Å². The van der Waals surface area contributed by atoms with Gasteiger partial charge in [-0.2, -0.15) is 0 Å². The number of benzene rings is 1. The largest absolute Gasteiger partial charge is 0.480 e. The van der Waals surface area contributed by atoms with Gasteiger partial charge >= 0.3 is 12.0 Å². The van der Waals surface area contributed by atoms with E-state index in [2.05, 4.69) is 6.92 Å². The number of urea groups is 1. The number of carbonyl (C=O) groups excluding carboxylic acids is 1. The van der Waals surface area contributed by atoms with Gasteiger partial charge in [-0.15, -0.1) is 0 Å². The lowest BCUT2D eigenvalue weighted by molar-refractivity contribution is -0.135. The van der Waals surface area contributed by atoms with E-state index in [1.807, 2.05) is 30.0 Å². The molecule has 5 heteroatoms. The van der Waals surface area contributed by atoms with Crippen LogP contribution in [-0.2, 0) is 4.79 Å². The minimum atomic E-state index is -1.01. The molecule has 1 aliphatic heterocycles. The van der Waals surface area contributed by atoms with Gasteiger partial charge in [0.2, 0.25) is 0 Å². The number of hydrogen-bond acceptors (Lipinski definition) is 2. The van der Waals surface area contributed by atoms with E-state index in [1.54, 1.807) is 12.1 Å². The lowest BCUT2D eigenvalue weighted by atomic mass is 10.1. The fourth-order valence-electron chi connectivity index (χ4n) is 2.97. The summed E-state index contributed by atoms with van der Waals surface area (Å²) >= 11 is 0. The highest BCUT2D eigenvalue weighted by Gasteiger charge is 2.36. The van der Waals surface area contributed by atoms with E-state index in [0.29, 0.717) is 5.69 Å². The van der Waals surface area contributed by atoms with E-state index in [9.17, 15) is 9.59 Å². The lowest BCUT2D eigenvalue weighted by Crippen LogP contribution is -2.49. The van der Waals surface area contributed by atoms with Crippen LogP contribution in [-0.4, -0.2) is 40.6 Å². The van der Waals surface area contributed by atoms with Crippen LogP contribution in [0.5, 0.6) is 0 Å². The highest BCUT2D eigenvalue weighted by atomic mass is 16.4. The van der Waals surface area contributed by atoms with Crippen molar-refractivity contribution >= 4 is 17.7 Å². The number of carboxylic acids is 1. The number of amides is 2. The molecule has 0 saturated carbocycles. The molecule has 0 spiro atoms. The lowest BCUT2D eigenvalue weighted by Gasteiger charge is -2.33. The van der Waals surface area contributed by atoms with Crippen LogP contribution >= 0.6 is 0 Å². The maximum atomic E-state index is 12.8. The number of rotatable bonds is 4. The van der Waals surface area contributed by atoms with Gasteiger partial charge < -0.3 is 10.0 Å². The van der Waals surface area contributed by atoms with Gasteiger partial charge in [-0.25, -0.2) is 4.79 Å². The van der Waals surface area contributed by atoms with E-state index in [0.717, 1.165) is 19.3 Å². The van der Waals surface area contributed by atoms with E-state index in [1.165, 1.54) is 4.90 Å². The predicted molar refractivity (Wildman–Crippen MR) is 81.4 cm³/mol. The Kier molecular flexibility index (Phi) is 4.83. The van der Waals surface area contributed by atoms with Crippen LogP contribution in [0.4, 0.5) is 10.5 Å². The normalized spacial score (nSPS) is 21.3. The van der Waals surface area contributed by atoms with Crippen molar-refractivity contribution in [1.82, 2.24) is 4.90 Å². The van der Waals surface area contributed by atoms with Crippen molar-refractivity contribution in [1.29, 1.82) is 0 Å². The SMILES string of the molecule is CCC1CCC(C)N1C(=O)N(CC(=O)O)c1ccccc1. The van der Waals surface area contributed by atoms with Crippen LogP contribution in [0.3, 0.4) is 0 Å². The Morgan fingerprint density at radius 3 is 2.52 bits per heavy atom. The molecule has 1 heterocycles. The minimum absolute atomic E-state index is 0.155. The maximum absolute atomic E-state index is 12.8. The first kappa shape index (κ1) is 15.4. The van der Waals surface area contributed by atoms with Crippen LogP contribution in [0.1, 0.15) is 33.1 Å². The van der Waals surface area contributed by atoms with Crippen LogP contribution in [0.25, 0.3) is 0 Å². The molecule has 1 fully saturated rings. The second-order valence-electron chi connectivity index (χ2n) is 5.49. The predicted octanol–water partition coefficient (Wildman–Crippen LogP) is 2.96. The van der Waals surface area contributed by atoms with Crippen molar-refractivity contribution in [3.8, 4) is 0 Å². The highest BCUT2D eigenvalue weighted by molar-refractivity contribution is 5.96. The number of nitrogens with zero attached hydrogens (tertiary/aromatic N) is 2. The van der Waals surface area contributed by atoms with Crippen molar-refractivity contribution in [2.75, 3.05) is 11.4 Å². The van der Waals surface area contributed by atoms with Gasteiger partial charge in [-0.05, 0) is 38.3 Å². The monoisotopic (exact) mass is 290 g/mol. The Hall–Kier alpha value is -2.04. The van der Waals surface area contributed by atoms with Gasteiger partial charge in [0, 0.05) is 17.8 Å². The van der Waals surface area contributed by atoms with E-state index in [4.69, 9.17) is 5.11 Å². The molecule has 2 rings (SSSR count). The zero-order valence-corrected chi connectivity index (χ0v) is 12.5. The second kappa shape index (κ2) is 6.61. The fraction of sp³-hybridized carbons (Fsp3) is 0.500. The Labute approximate surface area is 125 Å². The first-order chi connectivity index (χ1) is 10.0. The first-order valence-corrected chi connectivity index (χ1v) is 7.41. The summed E-state index contributed by atoms with van der Waals surface area (Å²) < 4.78 is 0. The van der Waals surface area contributed by atoms with Crippen molar-refractivity contribution in [3.05, 3.63) is 30.3 Å².